The van der Waals surface area contributed by atoms with E-state index in [0.717, 1.165) is 26.7 Å². The zero-order valence-corrected chi connectivity index (χ0v) is 14.2. The van der Waals surface area contributed by atoms with Crippen molar-refractivity contribution in [3.63, 3.8) is 0 Å². The molecule has 0 unspecified atom stereocenters. The number of benzene rings is 2. The Bertz CT molecular complexity index is 953. The molecule has 0 fully saturated rings. The highest BCUT2D eigenvalue weighted by Gasteiger charge is 2.40. The monoisotopic (exact) mass is 388 g/mol. The predicted molar refractivity (Wildman–Crippen MR) is 93.3 cm³/mol. The summed E-state index contributed by atoms with van der Waals surface area (Å²) in [6.07, 6.45) is 2.91. The van der Waals surface area contributed by atoms with Crippen molar-refractivity contribution in [2.45, 2.75) is 24.8 Å². The second kappa shape index (κ2) is 5.70. The number of hydrogen-bond acceptors (Lipinski definition) is 2. The van der Waals surface area contributed by atoms with Gasteiger partial charge in [-0.2, -0.15) is 0 Å². The molecule has 3 aromatic rings. The van der Waals surface area contributed by atoms with Gasteiger partial charge in [-0.05, 0) is 47.4 Å². The van der Waals surface area contributed by atoms with Crippen LogP contribution in [0.1, 0.15) is 29.0 Å². The third-order valence-electron chi connectivity index (χ3n) is 4.85. The van der Waals surface area contributed by atoms with E-state index in [0.29, 0.717) is 18.2 Å². The van der Waals surface area contributed by atoms with Gasteiger partial charge >= 0.3 is 0 Å². The van der Waals surface area contributed by atoms with Crippen LogP contribution in [0, 0.1) is 15.9 Å². The van der Waals surface area contributed by atoms with Gasteiger partial charge in [0.05, 0.1) is 5.92 Å². The lowest BCUT2D eigenvalue weighted by atomic mass is 9.76. The number of nitro groups is 1. The van der Waals surface area contributed by atoms with Gasteiger partial charge in [-0.15, -0.1) is 0 Å². The van der Waals surface area contributed by atoms with Gasteiger partial charge in [0.2, 0.25) is 6.04 Å². The van der Waals surface area contributed by atoms with Gasteiger partial charge in [0, 0.05) is 32.9 Å². The maximum Gasteiger partial charge on any atom is 0.224 e. The number of aromatic nitrogens is 1. The number of nitrogens with one attached hydrogen (secondary N) is 1. The predicted octanol–water partition coefficient (Wildman–Crippen LogP) is 4.79. The minimum atomic E-state index is -0.714. The molecule has 1 N–H and O–H groups in total. The van der Waals surface area contributed by atoms with E-state index < -0.39 is 12.0 Å². The lowest BCUT2D eigenvalue weighted by Crippen LogP contribution is -2.33. The molecule has 0 saturated carbocycles. The Morgan fingerprint density at radius 3 is 2.88 bits per heavy atom. The van der Waals surface area contributed by atoms with Crippen molar-refractivity contribution in [1.82, 2.24) is 4.98 Å². The molecule has 122 valence electrons. The highest BCUT2D eigenvalue weighted by molar-refractivity contribution is 9.10. The summed E-state index contributed by atoms with van der Waals surface area (Å²) < 4.78 is 14.7. The summed E-state index contributed by atoms with van der Waals surface area (Å²) in [6.45, 7) is 0. The third-order valence-corrected chi connectivity index (χ3v) is 5.59. The van der Waals surface area contributed by atoms with Crippen LogP contribution in [0.5, 0.6) is 0 Å². The van der Waals surface area contributed by atoms with Gasteiger partial charge in [-0.1, -0.05) is 28.1 Å². The van der Waals surface area contributed by atoms with Crippen LogP contribution in [0.25, 0.3) is 10.9 Å². The van der Waals surface area contributed by atoms with E-state index in [9.17, 15) is 14.5 Å². The van der Waals surface area contributed by atoms with Gasteiger partial charge in [0.1, 0.15) is 5.82 Å². The summed E-state index contributed by atoms with van der Waals surface area (Å²) in [5, 5.41) is 12.4. The molecule has 2 atom stereocenters. The SMILES string of the molecule is O=[N+]([O-])[C@H]1CCc2c(Br)cccc2[C@@H]1c1c[nH]c2ccc(F)cc12. The molecule has 4 rings (SSSR count). The standard InChI is InChI=1S/C18H14BrFN2O2/c19-15-3-1-2-12-11(15)5-7-17(22(23)24)18(12)14-9-21-16-6-4-10(20)8-13(14)16/h1-4,6,8-9,17-18,21H,5,7H2/t17-,18+/m0/s1. The Balaban J connectivity index is 1.97. The average Bonchev–Trinajstić information content (AvgIpc) is 2.96. The molecule has 0 spiro atoms. The Morgan fingerprint density at radius 1 is 1.25 bits per heavy atom. The molecule has 0 aliphatic heterocycles. The molecule has 0 saturated heterocycles. The molecule has 1 aromatic heterocycles. The van der Waals surface area contributed by atoms with Gasteiger partial charge in [-0.3, -0.25) is 10.1 Å². The van der Waals surface area contributed by atoms with Crippen LogP contribution >= 0.6 is 15.9 Å². The summed E-state index contributed by atoms with van der Waals surface area (Å²) in [5.74, 6) is -0.733. The molecule has 1 aliphatic carbocycles. The quantitative estimate of drug-likeness (QED) is 0.506. The molecule has 2 aromatic carbocycles. The van der Waals surface area contributed by atoms with Gasteiger partial charge < -0.3 is 4.98 Å². The van der Waals surface area contributed by atoms with E-state index in [4.69, 9.17) is 0 Å². The van der Waals surface area contributed by atoms with E-state index in [-0.39, 0.29) is 10.7 Å². The molecule has 0 radical (unpaired) electrons. The van der Waals surface area contributed by atoms with Crippen LogP contribution < -0.4 is 0 Å². The van der Waals surface area contributed by atoms with Crippen molar-refractivity contribution in [3.8, 4) is 0 Å². The van der Waals surface area contributed by atoms with Crippen molar-refractivity contribution in [1.29, 1.82) is 0 Å². The molecule has 1 aliphatic rings. The lowest BCUT2D eigenvalue weighted by molar-refractivity contribution is -0.526. The number of aromatic amines is 1. The van der Waals surface area contributed by atoms with Crippen LogP contribution in [0.2, 0.25) is 0 Å². The molecule has 0 bridgehead atoms. The first kappa shape index (κ1) is 15.3. The fourth-order valence-electron chi connectivity index (χ4n) is 3.77. The minimum Gasteiger partial charge on any atom is -0.361 e. The number of halogens is 2. The number of fused-ring (bicyclic) bond motifs is 2. The smallest absolute Gasteiger partial charge is 0.224 e. The van der Waals surface area contributed by atoms with Crippen LogP contribution in [0.15, 0.2) is 47.1 Å². The second-order valence-corrected chi connectivity index (χ2v) is 6.96. The Morgan fingerprint density at radius 2 is 2.08 bits per heavy atom. The fourth-order valence-corrected chi connectivity index (χ4v) is 4.35. The summed E-state index contributed by atoms with van der Waals surface area (Å²) in [7, 11) is 0. The maximum absolute atomic E-state index is 13.7. The molecular formula is C18H14BrFN2O2. The van der Waals surface area contributed by atoms with Crippen molar-refractivity contribution < 1.29 is 9.31 Å². The zero-order valence-electron chi connectivity index (χ0n) is 12.6. The highest BCUT2D eigenvalue weighted by Crippen LogP contribution is 2.43. The first-order valence-corrected chi connectivity index (χ1v) is 8.53. The van der Waals surface area contributed by atoms with Crippen LogP contribution in [-0.2, 0) is 6.42 Å². The number of rotatable bonds is 2. The van der Waals surface area contributed by atoms with E-state index in [2.05, 4.69) is 20.9 Å². The first-order valence-electron chi connectivity index (χ1n) is 7.73. The number of nitrogens with zero attached hydrogens (tertiary/aromatic N) is 1. The first-order chi connectivity index (χ1) is 11.6. The number of hydrogen-bond donors (Lipinski definition) is 1. The molecule has 4 nitrogen and oxygen atoms in total. The topological polar surface area (TPSA) is 58.9 Å². The van der Waals surface area contributed by atoms with Crippen molar-refractivity contribution in [2.24, 2.45) is 0 Å². The van der Waals surface area contributed by atoms with Gasteiger partial charge in [0.15, 0.2) is 0 Å². The van der Waals surface area contributed by atoms with Crippen LogP contribution in [-0.4, -0.2) is 15.9 Å². The molecule has 6 heteroatoms. The van der Waals surface area contributed by atoms with E-state index >= 15 is 0 Å². The van der Waals surface area contributed by atoms with Crippen molar-refractivity contribution >= 4 is 26.8 Å². The maximum atomic E-state index is 13.7. The van der Waals surface area contributed by atoms with E-state index in [1.165, 1.54) is 12.1 Å². The van der Waals surface area contributed by atoms with Crippen LogP contribution in [0.4, 0.5) is 4.39 Å². The van der Waals surface area contributed by atoms with Gasteiger partial charge in [-0.25, -0.2) is 4.39 Å². The van der Waals surface area contributed by atoms with Crippen molar-refractivity contribution in [3.05, 3.63) is 79.7 Å². The largest absolute Gasteiger partial charge is 0.361 e. The third kappa shape index (κ3) is 2.33. The molecule has 0 amide bonds. The highest BCUT2D eigenvalue weighted by atomic mass is 79.9. The summed E-state index contributed by atoms with van der Waals surface area (Å²) >= 11 is 3.55. The van der Waals surface area contributed by atoms with E-state index in [1.54, 1.807) is 12.3 Å². The molecule has 24 heavy (non-hydrogen) atoms. The normalized spacial score (nSPS) is 20.1. The summed E-state index contributed by atoms with van der Waals surface area (Å²) in [5.41, 5.74) is 3.62. The van der Waals surface area contributed by atoms with E-state index in [1.807, 2.05) is 18.2 Å². The molecular weight excluding hydrogens is 375 g/mol. The minimum absolute atomic E-state index is 0.202. The summed E-state index contributed by atoms with van der Waals surface area (Å²) in [4.78, 5) is 14.6. The lowest BCUT2D eigenvalue weighted by Gasteiger charge is -2.29. The Labute approximate surface area is 146 Å². The average molecular weight is 389 g/mol. The van der Waals surface area contributed by atoms with Crippen molar-refractivity contribution in [2.75, 3.05) is 0 Å². The van der Waals surface area contributed by atoms with Gasteiger partial charge in [0.25, 0.3) is 0 Å². The van der Waals surface area contributed by atoms with Crippen LogP contribution in [0.3, 0.4) is 0 Å². The second-order valence-electron chi connectivity index (χ2n) is 6.11. The Kier molecular flexibility index (Phi) is 3.64. The fraction of sp³-hybridized carbons (Fsp3) is 0.222. The Hall–Kier alpha value is -2.21. The summed E-state index contributed by atoms with van der Waals surface area (Å²) in [6, 6.07) is 9.58. The number of H-pyrrole nitrogens is 1. The zero-order chi connectivity index (χ0) is 16.8. The molecule has 1 heterocycles.